The fourth-order valence-electron chi connectivity index (χ4n) is 3.93. The fraction of sp³-hybridized carbons (Fsp3) is 0.429. The largest absolute Gasteiger partial charge is 0.223 e. The second-order valence-electron chi connectivity index (χ2n) is 8.08. The average Bonchev–Trinajstić information content (AvgIpc) is 2.73. The first-order valence-electron chi connectivity index (χ1n) is 10.2. The molecule has 1 aliphatic carbocycles. The van der Waals surface area contributed by atoms with E-state index < -0.39 is 41.0 Å². The Kier molecular flexibility index (Phi) is 7.41. The van der Waals surface area contributed by atoms with Gasteiger partial charge in [0.2, 0.25) is 19.9 Å². The molecule has 32 heavy (non-hydrogen) atoms. The topological polar surface area (TPSA) is 114 Å². The highest BCUT2D eigenvalue weighted by Gasteiger charge is 2.34. The number of sulfone groups is 2. The quantitative estimate of drug-likeness (QED) is 0.593. The van der Waals surface area contributed by atoms with Crippen LogP contribution in [0.3, 0.4) is 0 Å². The second kappa shape index (κ2) is 9.42. The van der Waals surface area contributed by atoms with Gasteiger partial charge >= 0.3 is 0 Å². The lowest BCUT2D eigenvalue weighted by atomic mass is 10.0. The van der Waals surface area contributed by atoms with E-state index in [9.17, 15) is 25.3 Å². The zero-order valence-electron chi connectivity index (χ0n) is 17.8. The summed E-state index contributed by atoms with van der Waals surface area (Å²) in [5, 5.41) is -0.483. The third kappa shape index (κ3) is 5.53. The third-order valence-electron chi connectivity index (χ3n) is 5.57. The molecule has 0 heterocycles. The SMILES string of the molecule is C[C@H](NS(C)(=O)=O)c1ccc(S(=O)(=O)c2ccc(Cl)cc2S(=O)(=O)C2CCCCC2)cc1. The summed E-state index contributed by atoms with van der Waals surface area (Å²) in [7, 11) is -11.5. The maximum absolute atomic E-state index is 13.4. The lowest BCUT2D eigenvalue weighted by molar-refractivity contribution is 0.482. The number of benzene rings is 2. The van der Waals surface area contributed by atoms with Gasteiger partial charge in [0.1, 0.15) is 0 Å². The highest BCUT2D eigenvalue weighted by molar-refractivity contribution is 7.95. The van der Waals surface area contributed by atoms with Crippen molar-refractivity contribution in [2.75, 3.05) is 6.26 Å². The van der Waals surface area contributed by atoms with Crippen molar-refractivity contribution in [2.45, 2.75) is 65.0 Å². The Bertz CT molecular complexity index is 1300. The molecule has 0 saturated heterocycles. The van der Waals surface area contributed by atoms with Gasteiger partial charge in [-0.05, 0) is 55.7 Å². The summed E-state index contributed by atoms with van der Waals surface area (Å²) in [5.74, 6) is 0. The minimum Gasteiger partial charge on any atom is -0.223 e. The average molecular weight is 520 g/mol. The van der Waals surface area contributed by atoms with Gasteiger partial charge in [-0.3, -0.25) is 0 Å². The molecule has 2 aromatic rings. The summed E-state index contributed by atoms with van der Waals surface area (Å²) >= 11 is 6.05. The second-order valence-corrected chi connectivity index (χ2v) is 14.4. The molecule has 1 atom stereocenters. The van der Waals surface area contributed by atoms with E-state index >= 15 is 0 Å². The highest BCUT2D eigenvalue weighted by Crippen LogP contribution is 2.35. The third-order valence-corrected chi connectivity index (χ3v) is 10.8. The number of sulfonamides is 1. The van der Waals surface area contributed by atoms with E-state index in [-0.39, 0.29) is 19.7 Å². The van der Waals surface area contributed by atoms with Crippen molar-refractivity contribution in [1.82, 2.24) is 4.72 Å². The molecule has 0 amide bonds. The van der Waals surface area contributed by atoms with Crippen molar-refractivity contribution in [2.24, 2.45) is 0 Å². The van der Waals surface area contributed by atoms with Crippen LogP contribution in [-0.4, -0.2) is 36.8 Å². The molecule has 0 aliphatic heterocycles. The van der Waals surface area contributed by atoms with Crippen LogP contribution in [0.25, 0.3) is 0 Å². The Morgan fingerprint density at radius 3 is 2.03 bits per heavy atom. The molecule has 0 spiro atoms. The Hall–Kier alpha value is -1.46. The Morgan fingerprint density at radius 1 is 0.875 bits per heavy atom. The first-order valence-corrected chi connectivity index (χ1v) is 15.5. The molecule has 11 heteroatoms. The zero-order valence-corrected chi connectivity index (χ0v) is 21.0. The Morgan fingerprint density at radius 2 is 1.47 bits per heavy atom. The van der Waals surface area contributed by atoms with Crippen LogP contribution in [0.5, 0.6) is 0 Å². The van der Waals surface area contributed by atoms with Crippen molar-refractivity contribution >= 4 is 41.3 Å². The Balaban J connectivity index is 2.02. The van der Waals surface area contributed by atoms with Crippen LogP contribution >= 0.6 is 11.6 Å². The van der Waals surface area contributed by atoms with Crippen molar-refractivity contribution in [1.29, 1.82) is 0 Å². The molecule has 3 rings (SSSR count). The number of rotatable bonds is 7. The van der Waals surface area contributed by atoms with Gasteiger partial charge < -0.3 is 0 Å². The summed E-state index contributed by atoms with van der Waals surface area (Å²) in [4.78, 5) is -0.661. The Labute approximate surface area is 195 Å². The molecule has 1 saturated carbocycles. The van der Waals surface area contributed by atoms with Crippen LogP contribution in [0.2, 0.25) is 5.02 Å². The molecule has 2 aromatic carbocycles. The van der Waals surface area contributed by atoms with Gasteiger partial charge in [0.05, 0.1) is 26.2 Å². The van der Waals surface area contributed by atoms with E-state index in [1.54, 1.807) is 6.92 Å². The summed E-state index contributed by atoms with van der Waals surface area (Å²) in [6.07, 6.45) is 4.56. The highest BCUT2D eigenvalue weighted by atomic mass is 35.5. The van der Waals surface area contributed by atoms with Gasteiger partial charge in [0.25, 0.3) is 0 Å². The van der Waals surface area contributed by atoms with E-state index in [2.05, 4.69) is 4.72 Å². The van der Waals surface area contributed by atoms with E-state index in [1.807, 2.05) is 0 Å². The molecular weight excluding hydrogens is 494 g/mol. The van der Waals surface area contributed by atoms with Crippen molar-refractivity contribution < 1.29 is 25.3 Å². The van der Waals surface area contributed by atoms with Gasteiger partial charge in [-0.25, -0.2) is 30.0 Å². The van der Waals surface area contributed by atoms with Crippen LogP contribution in [0, 0.1) is 0 Å². The molecule has 7 nitrogen and oxygen atoms in total. The predicted molar refractivity (Wildman–Crippen MR) is 124 cm³/mol. The zero-order chi connectivity index (χ0) is 23.7. The smallest absolute Gasteiger partial charge is 0.209 e. The fourth-order valence-corrected chi connectivity index (χ4v) is 8.90. The first-order chi connectivity index (χ1) is 14.8. The number of hydrogen-bond donors (Lipinski definition) is 1. The lowest BCUT2D eigenvalue weighted by Crippen LogP contribution is -2.26. The maximum Gasteiger partial charge on any atom is 0.209 e. The molecule has 1 N–H and O–H groups in total. The number of nitrogens with one attached hydrogen (secondary N) is 1. The normalized spacial score (nSPS) is 17.2. The van der Waals surface area contributed by atoms with Crippen LogP contribution in [0.1, 0.15) is 50.6 Å². The van der Waals surface area contributed by atoms with E-state index in [0.717, 1.165) is 25.5 Å². The summed E-state index contributed by atoms with van der Waals surface area (Å²) < 4.78 is 78.7. The lowest BCUT2D eigenvalue weighted by Gasteiger charge is -2.23. The van der Waals surface area contributed by atoms with Crippen molar-refractivity contribution in [3.8, 4) is 0 Å². The molecule has 0 radical (unpaired) electrons. The molecule has 0 bridgehead atoms. The molecule has 1 fully saturated rings. The molecule has 176 valence electrons. The summed E-state index contributed by atoms with van der Waals surface area (Å²) in [6.45, 7) is 1.64. The minimum absolute atomic E-state index is 0.0878. The van der Waals surface area contributed by atoms with Crippen molar-refractivity contribution in [3.05, 3.63) is 53.1 Å². The van der Waals surface area contributed by atoms with Gasteiger partial charge in [-0.1, -0.05) is 43.0 Å². The van der Waals surface area contributed by atoms with E-state index in [0.29, 0.717) is 18.4 Å². The summed E-state index contributed by atoms with van der Waals surface area (Å²) in [6, 6.07) is 8.94. The summed E-state index contributed by atoms with van der Waals surface area (Å²) in [5.41, 5.74) is 0.570. The van der Waals surface area contributed by atoms with Crippen LogP contribution in [0.4, 0.5) is 0 Å². The molecule has 1 aliphatic rings. The minimum atomic E-state index is -4.16. The van der Waals surface area contributed by atoms with Gasteiger partial charge in [-0.15, -0.1) is 0 Å². The van der Waals surface area contributed by atoms with Crippen molar-refractivity contribution in [3.63, 3.8) is 0 Å². The standard InChI is InChI=1S/C21H26ClNO6S3/c1-15(23-30(2,24)25)16-8-11-19(12-9-16)31(26,27)20-13-10-17(22)14-21(20)32(28,29)18-6-4-3-5-7-18/h8-15,18,23H,3-7H2,1-2H3/t15-/m0/s1. The van der Waals surface area contributed by atoms with Crippen LogP contribution in [0.15, 0.2) is 57.2 Å². The monoisotopic (exact) mass is 519 g/mol. The number of hydrogen-bond acceptors (Lipinski definition) is 6. The molecule has 0 aromatic heterocycles. The van der Waals surface area contributed by atoms with Gasteiger partial charge in [0, 0.05) is 11.1 Å². The van der Waals surface area contributed by atoms with Gasteiger partial charge in [-0.2, -0.15) is 0 Å². The van der Waals surface area contributed by atoms with Crippen LogP contribution in [-0.2, 0) is 29.7 Å². The number of halogens is 1. The van der Waals surface area contributed by atoms with Crippen LogP contribution < -0.4 is 4.72 Å². The predicted octanol–water partition coefficient (Wildman–Crippen LogP) is 3.89. The first kappa shape index (κ1) is 25.2. The van der Waals surface area contributed by atoms with E-state index in [4.69, 9.17) is 11.6 Å². The molecular formula is C21H26ClNO6S3. The molecule has 0 unspecified atom stereocenters. The maximum atomic E-state index is 13.4. The van der Waals surface area contributed by atoms with Gasteiger partial charge in [0.15, 0.2) is 9.84 Å². The van der Waals surface area contributed by atoms with E-state index in [1.165, 1.54) is 42.5 Å².